The van der Waals surface area contributed by atoms with Gasteiger partial charge in [-0.1, -0.05) is 6.07 Å². The first-order valence-corrected chi connectivity index (χ1v) is 7.28. The third-order valence-corrected chi connectivity index (χ3v) is 3.76. The molecule has 0 radical (unpaired) electrons. The van der Waals surface area contributed by atoms with Gasteiger partial charge in [0.05, 0.1) is 0 Å². The van der Waals surface area contributed by atoms with Crippen LogP contribution in [0.15, 0.2) is 42.6 Å². The Kier molecular flexibility index (Phi) is 3.87. The van der Waals surface area contributed by atoms with Crippen LogP contribution in [0.25, 0.3) is 0 Å². The predicted molar refractivity (Wildman–Crippen MR) is 85.0 cm³/mol. The van der Waals surface area contributed by atoms with Gasteiger partial charge in [-0.15, -0.1) is 0 Å². The number of aromatic nitrogens is 1. The van der Waals surface area contributed by atoms with Crippen LogP contribution < -0.4 is 10.2 Å². The van der Waals surface area contributed by atoms with Crippen LogP contribution in [0.2, 0.25) is 0 Å². The quantitative estimate of drug-likeness (QED) is 0.947. The van der Waals surface area contributed by atoms with E-state index in [-0.39, 0.29) is 11.8 Å². The smallest absolute Gasteiger partial charge is 0.256 e. The summed E-state index contributed by atoms with van der Waals surface area (Å²) in [5, 5.41) is 2.79. The van der Waals surface area contributed by atoms with Crippen molar-refractivity contribution in [3.8, 4) is 0 Å². The molecule has 1 N–H and O–H groups in total. The van der Waals surface area contributed by atoms with Gasteiger partial charge in [-0.2, -0.15) is 0 Å². The van der Waals surface area contributed by atoms with Crippen LogP contribution in [-0.4, -0.2) is 23.3 Å². The van der Waals surface area contributed by atoms with Crippen molar-refractivity contribution >= 4 is 23.3 Å². The molecule has 0 spiro atoms. The molecule has 0 bridgehead atoms. The molecule has 0 saturated carbocycles. The van der Waals surface area contributed by atoms with Crippen LogP contribution in [0.5, 0.6) is 0 Å². The zero-order chi connectivity index (χ0) is 15.5. The highest BCUT2D eigenvalue weighted by Crippen LogP contribution is 2.22. The number of hydrogen-bond acceptors (Lipinski definition) is 3. The van der Waals surface area contributed by atoms with Crippen molar-refractivity contribution in [2.75, 3.05) is 16.8 Å². The van der Waals surface area contributed by atoms with Crippen molar-refractivity contribution in [3.63, 3.8) is 0 Å². The summed E-state index contributed by atoms with van der Waals surface area (Å²) in [4.78, 5) is 29.8. The Morgan fingerprint density at radius 1 is 1.23 bits per heavy atom. The average molecular weight is 295 g/mol. The lowest BCUT2D eigenvalue weighted by atomic mass is 10.1. The van der Waals surface area contributed by atoms with Crippen molar-refractivity contribution < 1.29 is 9.59 Å². The van der Waals surface area contributed by atoms with Crippen LogP contribution in [0.4, 0.5) is 11.5 Å². The van der Waals surface area contributed by atoms with Gasteiger partial charge in [0.2, 0.25) is 5.91 Å². The van der Waals surface area contributed by atoms with Gasteiger partial charge in [-0.05, 0) is 49.2 Å². The normalized spacial score (nSPS) is 14.2. The van der Waals surface area contributed by atoms with E-state index in [0.29, 0.717) is 17.8 Å². The fraction of sp³-hybridized carbons (Fsp3) is 0.235. The fourth-order valence-electron chi connectivity index (χ4n) is 2.51. The molecule has 112 valence electrons. The maximum Gasteiger partial charge on any atom is 0.256 e. The van der Waals surface area contributed by atoms with Gasteiger partial charge < -0.3 is 10.2 Å². The minimum absolute atomic E-state index is 0.140. The Morgan fingerprint density at radius 3 is 2.64 bits per heavy atom. The second-order valence-corrected chi connectivity index (χ2v) is 5.32. The van der Waals surface area contributed by atoms with Crippen LogP contribution in [0, 0.1) is 6.92 Å². The van der Waals surface area contributed by atoms with E-state index in [1.54, 1.807) is 23.2 Å². The van der Waals surface area contributed by atoms with Crippen LogP contribution in [-0.2, 0) is 4.79 Å². The van der Waals surface area contributed by atoms with Crippen LogP contribution in [0.3, 0.4) is 0 Å². The average Bonchev–Trinajstić information content (AvgIpc) is 2.96. The number of amides is 2. The molecule has 2 amide bonds. The lowest BCUT2D eigenvalue weighted by Crippen LogP contribution is -2.23. The second kappa shape index (κ2) is 5.97. The number of carbonyl (C=O) groups excluding carboxylic acids is 2. The van der Waals surface area contributed by atoms with Crippen molar-refractivity contribution in [1.82, 2.24) is 4.98 Å². The Bertz CT molecular complexity index is 710. The topological polar surface area (TPSA) is 62.3 Å². The number of carbonyl (C=O) groups is 2. The summed E-state index contributed by atoms with van der Waals surface area (Å²) in [6.07, 6.45) is 3.13. The maximum atomic E-state index is 12.2. The Balaban J connectivity index is 1.74. The molecule has 1 aromatic heterocycles. The molecule has 1 saturated heterocycles. The molecule has 1 fully saturated rings. The Morgan fingerprint density at radius 2 is 2.00 bits per heavy atom. The van der Waals surface area contributed by atoms with Crippen molar-refractivity contribution in [2.45, 2.75) is 19.8 Å². The molecule has 5 nitrogen and oxygen atoms in total. The standard InChI is InChI=1S/C17H17N3O2/c1-12-4-2-10-18-16(12)19-17(22)13-6-8-14(9-7-13)20-11-3-5-15(20)21/h2,4,6-10H,3,5,11H2,1H3,(H,18,19,22). The molecule has 0 atom stereocenters. The first-order chi connectivity index (χ1) is 10.6. The number of benzene rings is 1. The first kappa shape index (κ1) is 14.3. The van der Waals surface area contributed by atoms with Crippen molar-refractivity contribution in [3.05, 3.63) is 53.7 Å². The highest BCUT2D eigenvalue weighted by atomic mass is 16.2. The number of nitrogens with zero attached hydrogens (tertiary/aromatic N) is 2. The largest absolute Gasteiger partial charge is 0.312 e. The van der Waals surface area contributed by atoms with Crippen LogP contribution in [0.1, 0.15) is 28.8 Å². The van der Waals surface area contributed by atoms with E-state index in [4.69, 9.17) is 0 Å². The lowest BCUT2D eigenvalue weighted by Gasteiger charge is -2.15. The van der Waals surface area contributed by atoms with Gasteiger partial charge in [0.15, 0.2) is 0 Å². The molecule has 22 heavy (non-hydrogen) atoms. The van der Waals surface area contributed by atoms with E-state index >= 15 is 0 Å². The molecular weight excluding hydrogens is 278 g/mol. The number of nitrogens with one attached hydrogen (secondary N) is 1. The molecule has 5 heteroatoms. The van der Waals surface area contributed by atoms with E-state index in [1.807, 2.05) is 31.2 Å². The number of hydrogen-bond donors (Lipinski definition) is 1. The summed E-state index contributed by atoms with van der Waals surface area (Å²) in [5.41, 5.74) is 2.30. The number of aryl methyl sites for hydroxylation is 1. The Labute approximate surface area is 129 Å². The summed E-state index contributed by atoms with van der Waals surface area (Å²) < 4.78 is 0. The van der Waals surface area contributed by atoms with E-state index < -0.39 is 0 Å². The summed E-state index contributed by atoms with van der Waals surface area (Å²) in [5.74, 6) is 0.494. The van der Waals surface area contributed by atoms with E-state index in [2.05, 4.69) is 10.3 Å². The minimum atomic E-state index is -0.207. The molecule has 0 unspecified atom stereocenters. The van der Waals surface area contributed by atoms with Gasteiger partial charge in [0.25, 0.3) is 5.91 Å². The SMILES string of the molecule is Cc1cccnc1NC(=O)c1ccc(N2CCCC2=O)cc1. The zero-order valence-corrected chi connectivity index (χ0v) is 12.4. The van der Waals surface area contributed by atoms with E-state index in [1.165, 1.54) is 0 Å². The van der Waals surface area contributed by atoms with Crippen molar-refractivity contribution in [2.24, 2.45) is 0 Å². The zero-order valence-electron chi connectivity index (χ0n) is 12.4. The van der Waals surface area contributed by atoms with Crippen LogP contribution >= 0.6 is 0 Å². The number of anilines is 2. The molecular formula is C17H17N3O2. The molecule has 3 rings (SSSR count). The molecule has 1 aliphatic rings. The molecule has 1 aliphatic heterocycles. The highest BCUT2D eigenvalue weighted by molar-refractivity contribution is 6.04. The summed E-state index contributed by atoms with van der Waals surface area (Å²) in [6.45, 7) is 2.64. The summed E-state index contributed by atoms with van der Waals surface area (Å²) in [6, 6.07) is 10.8. The molecule has 1 aromatic carbocycles. The first-order valence-electron chi connectivity index (χ1n) is 7.28. The minimum Gasteiger partial charge on any atom is -0.312 e. The van der Waals surface area contributed by atoms with Gasteiger partial charge in [-0.3, -0.25) is 9.59 Å². The van der Waals surface area contributed by atoms with Gasteiger partial charge in [-0.25, -0.2) is 4.98 Å². The number of rotatable bonds is 3. The van der Waals surface area contributed by atoms with Gasteiger partial charge in [0, 0.05) is 30.4 Å². The lowest BCUT2D eigenvalue weighted by molar-refractivity contribution is -0.117. The molecule has 2 aromatic rings. The van der Waals surface area contributed by atoms with Gasteiger partial charge >= 0.3 is 0 Å². The Hall–Kier alpha value is -2.69. The monoisotopic (exact) mass is 295 g/mol. The summed E-state index contributed by atoms with van der Waals surface area (Å²) >= 11 is 0. The molecule has 0 aliphatic carbocycles. The van der Waals surface area contributed by atoms with Crippen molar-refractivity contribution in [1.29, 1.82) is 0 Å². The predicted octanol–water partition coefficient (Wildman–Crippen LogP) is 2.77. The van der Waals surface area contributed by atoms with Gasteiger partial charge in [0.1, 0.15) is 5.82 Å². The summed E-state index contributed by atoms with van der Waals surface area (Å²) in [7, 11) is 0. The second-order valence-electron chi connectivity index (χ2n) is 5.32. The fourth-order valence-corrected chi connectivity index (χ4v) is 2.51. The van der Waals surface area contributed by atoms with E-state index in [9.17, 15) is 9.59 Å². The third kappa shape index (κ3) is 2.83. The maximum absolute atomic E-state index is 12.2. The highest BCUT2D eigenvalue weighted by Gasteiger charge is 2.21. The third-order valence-electron chi connectivity index (χ3n) is 3.76. The van der Waals surface area contributed by atoms with E-state index in [0.717, 1.165) is 24.2 Å². The number of pyridine rings is 1. The molecule has 2 heterocycles.